The van der Waals surface area contributed by atoms with Crippen molar-refractivity contribution in [3.63, 3.8) is 0 Å². The molecule has 2 fully saturated rings. The number of fused-ring (bicyclic) bond motifs is 3. The highest BCUT2D eigenvalue weighted by molar-refractivity contribution is 6.16. The average molecular weight is 559 g/mol. The molecule has 1 saturated carbocycles. The summed E-state index contributed by atoms with van der Waals surface area (Å²) in [6.45, 7) is 6.89. The Balaban J connectivity index is 1.53. The Bertz CT molecular complexity index is 1530. The van der Waals surface area contributed by atoms with Crippen LogP contribution < -0.4 is 4.74 Å². The smallest absolute Gasteiger partial charge is 0.342 e. The summed E-state index contributed by atoms with van der Waals surface area (Å²) in [6.07, 6.45) is 7.96. The lowest BCUT2D eigenvalue weighted by molar-refractivity contribution is 0.0237. The first-order valence-corrected chi connectivity index (χ1v) is 14.8. The van der Waals surface area contributed by atoms with Crippen molar-refractivity contribution in [1.82, 2.24) is 9.88 Å². The minimum atomic E-state index is -0.466. The number of morpholine rings is 1. The molecule has 1 atom stereocenters. The number of nitrogens with zero attached hydrogens (tertiary/aromatic N) is 2. The zero-order valence-electron chi connectivity index (χ0n) is 23.9. The maximum atomic E-state index is 13.3. The lowest BCUT2D eigenvalue weighted by atomic mass is 9.89. The average Bonchev–Trinajstić information content (AvgIpc) is 3.36. The van der Waals surface area contributed by atoms with Crippen LogP contribution in [0.3, 0.4) is 0 Å². The van der Waals surface area contributed by atoms with Crippen molar-refractivity contribution in [2.75, 3.05) is 39.5 Å². The molecule has 0 radical (unpaired) electrons. The Hall–Kier alpha value is -3.62. The molecule has 0 bridgehead atoms. The molecule has 41 heavy (non-hydrogen) atoms. The highest BCUT2D eigenvalue weighted by Crippen LogP contribution is 2.47. The Morgan fingerprint density at radius 2 is 1.88 bits per heavy atom. The van der Waals surface area contributed by atoms with Gasteiger partial charge < -0.3 is 23.7 Å². The number of esters is 1. The minimum absolute atomic E-state index is 0.123. The number of pyridine rings is 1. The maximum Gasteiger partial charge on any atom is 0.342 e. The van der Waals surface area contributed by atoms with Crippen LogP contribution in [-0.4, -0.2) is 60.5 Å². The van der Waals surface area contributed by atoms with Gasteiger partial charge in [-0.3, -0.25) is 4.90 Å². The number of aryl methyl sites for hydroxylation is 1. The fourth-order valence-corrected chi connectivity index (χ4v) is 6.48. The fraction of sp³-hybridized carbons (Fsp3) is 0.455. The van der Waals surface area contributed by atoms with E-state index in [2.05, 4.69) is 9.88 Å². The van der Waals surface area contributed by atoms with Gasteiger partial charge in [0.25, 0.3) is 0 Å². The predicted molar refractivity (Wildman–Crippen MR) is 157 cm³/mol. The van der Waals surface area contributed by atoms with E-state index >= 15 is 0 Å². The largest absolute Gasteiger partial charge is 0.507 e. The molecular weight excluding hydrogens is 520 g/mol. The van der Waals surface area contributed by atoms with Gasteiger partial charge in [0.05, 0.1) is 32.5 Å². The van der Waals surface area contributed by atoms with Gasteiger partial charge in [0.2, 0.25) is 5.88 Å². The number of hydrogen-bond donors (Lipinski definition) is 1. The number of phenols is 1. The number of ether oxygens (including phenoxy) is 3. The second kappa shape index (κ2) is 12.1. The number of benzene rings is 2. The molecule has 1 N–H and O–H groups in total. The van der Waals surface area contributed by atoms with Crippen LogP contribution in [0.25, 0.3) is 21.7 Å². The molecule has 3 heterocycles. The number of furan rings is 1. The van der Waals surface area contributed by atoms with Crippen LogP contribution in [0.1, 0.15) is 72.3 Å². The summed E-state index contributed by atoms with van der Waals surface area (Å²) < 4.78 is 23.7. The lowest BCUT2D eigenvalue weighted by Crippen LogP contribution is -2.39. The fourth-order valence-electron chi connectivity index (χ4n) is 6.48. The van der Waals surface area contributed by atoms with E-state index in [4.69, 9.17) is 18.6 Å². The normalized spacial score (nSPS) is 17.6. The van der Waals surface area contributed by atoms with Crippen molar-refractivity contribution in [2.24, 2.45) is 5.92 Å². The number of aromatic hydroxyl groups is 1. The molecule has 6 rings (SSSR count). The van der Waals surface area contributed by atoms with Crippen LogP contribution in [0.5, 0.6) is 11.6 Å². The zero-order valence-corrected chi connectivity index (χ0v) is 23.9. The predicted octanol–water partition coefficient (Wildman–Crippen LogP) is 6.55. The Kier molecular flexibility index (Phi) is 8.12. The van der Waals surface area contributed by atoms with Crippen molar-refractivity contribution in [2.45, 2.75) is 52.0 Å². The van der Waals surface area contributed by atoms with E-state index in [-0.39, 0.29) is 12.4 Å². The van der Waals surface area contributed by atoms with Crippen molar-refractivity contribution in [3.05, 3.63) is 65.0 Å². The van der Waals surface area contributed by atoms with Gasteiger partial charge in [-0.1, -0.05) is 43.5 Å². The van der Waals surface area contributed by atoms with Gasteiger partial charge in [-0.15, -0.1) is 0 Å². The Labute approximate surface area is 240 Å². The maximum absolute atomic E-state index is 13.3. The lowest BCUT2D eigenvalue weighted by Gasteiger charge is -2.36. The van der Waals surface area contributed by atoms with Gasteiger partial charge in [-0.25, -0.2) is 9.78 Å². The van der Waals surface area contributed by atoms with E-state index in [0.717, 1.165) is 10.9 Å². The summed E-state index contributed by atoms with van der Waals surface area (Å²) in [5.74, 6) is 1.23. The van der Waals surface area contributed by atoms with Gasteiger partial charge in [0.1, 0.15) is 22.7 Å². The van der Waals surface area contributed by atoms with Crippen LogP contribution in [0, 0.1) is 12.8 Å². The minimum Gasteiger partial charge on any atom is -0.507 e. The first kappa shape index (κ1) is 27.5. The molecule has 1 aliphatic heterocycles. The molecule has 4 aromatic rings. The monoisotopic (exact) mass is 558 g/mol. The van der Waals surface area contributed by atoms with Crippen LogP contribution in [-0.2, 0) is 9.47 Å². The third kappa shape index (κ3) is 5.38. The molecule has 0 spiro atoms. The van der Waals surface area contributed by atoms with Crippen LogP contribution in [0.2, 0.25) is 0 Å². The number of rotatable bonds is 8. The Morgan fingerprint density at radius 3 is 2.63 bits per heavy atom. The third-order valence-corrected chi connectivity index (χ3v) is 8.47. The summed E-state index contributed by atoms with van der Waals surface area (Å²) >= 11 is 0. The SMILES string of the molecule is CCOC(=O)c1c(C)oc2c1c(C(c1ccnc(OCC3CCCCC3)c1)N1CCOCC1)c(O)c1ccccc12. The van der Waals surface area contributed by atoms with Gasteiger partial charge in [-0.05, 0) is 44.2 Å². The van der Waals surface area contributed by atoms with Crippen LogP contribution in [0.15, 0.2) is 47.0 Å². The number of phenolic OH excluding ortho intramolecular Hbond substituents is 1. The van der Waals surface area contributed by atoms with Gasteiger partial charge in [0.15, 0.2) is 0 Å². The van der Waals surface area contributed by atoms with E-state index in [9.17, 15) is 9.90 Å². The number of hydrogen-bond acceptors (Lipinski definition) is 8. The molecule has 2 aliphatic rings. The van der Waals surface area contributed by atoms with Crippen molar-refractivity contribution >= 4 is 27.7 Å². The molecule has 216 valence electrons. The van der Waals surface area contributed by atoms with E-state index in [1.807, 2.05) is 36.4 Å². The molecule has 0 amide bonds. The standard InChI is InChI=1S/C33H38N2O6/c1-3-39-33(37)27-21(2)41-32-25-12-8-7-11-24(25)31(36)29(28(27)32)30(35-15-17-38-18-16-35)23-13-14-34-26(19-23)40-20-22-9-5-4-6-10-22/h7-8,11-14,19,22,30,36H,3-6,9-10,15-18,20H2,1-2H3. The molecule has 2 aromatic carbocycles. The molecule has 2 aromatic heterocycles. The van der Waals surface area contributed by atoms with Gasteiger partial charge in [-0.2, -0.15) is 0 Å². The van der Waals surface area contributed by atoms with Crippen molar-refractivity contribution in [3.8, 4) is 11.6 Å². The van der Waals surface area contributed by atoms with E-state index in [0.29, 0.717) is 78.0 Å². The molecule has 8 nitrogen and oxygen atoms in total. The summed E-state index contributed by atoms with van der Waals surface area (Å²) in [6, 6.07) is 11.1. The topological polar surface area (TPSA) is 94.3 Å². The van der Waals surface area contributed by atoms with Crippen LogP contribution in [0.4, 0.5) is 0 Å². The Morgan fingerprint density at radius 1 is 1.12 bits per heavy atom. The summed E-state index contributed by atoms with van der Waals surface area (Å²) in [5, 5.41) is 14.0. The summed E-state index contributed by atoms with van der Waals surface area (Å²) in [7, 11) is 0. The van der Waals surface area contributed by atoms with E-state index in [1.165, 1.54) is 32.1 Å². The second-order valence-electron chi connectivity index (χ2n) is 11.1. The molecule has 1 unspecified atom stereocenters. The molecule has 8 heteroatoms. The van der Waals surface area contributed by atoms with E-state index < -0.39 is 12.0 Å². The quantitative estimate of drug-likeness (QED) is 0.243. The van der Waals surface area contributed by atoms with Crippen LogP contribution >= 0.6 is 0 Å². The van der Waals surface area contributed by atoms with Gasteiger partial charge >= 0.3 is 5.97 Å². The molecule has 1 aliphatic carbocycles. The first-order chi connectivity index (χ1) is 20.1. The highest BCUT2D eigenvalue weighted by atomic mass is 16.5. The number of carbonyl (C=O) groups is 1. The van der Waals surface area contributed by atoms with E-state index in [1.54, 1.807) is 20.0 Å². The first-order valence-electron chi connectivity index (χ1n) is 14.8. The number of aromatic nitrogens is 1. The third-order valence-electron chi connectivity index (χ3n) is 8.47. The molecular formula is C33H38N2O6. The van der Waals surface area contributed by atoms with Gasteiger partial charge in [0, 0.05) is 47.1 Å². The second-order valence-corrected chi connectivity index (χ2v) is 11.1. The van der Waals surface area contributed by atoms with Crippen molar-refractivity contribution in [1.29, 1.82) is 0 Å². The van der Waals surface area contributed by atoms with Crippen molar-refractivity contribution < 1.29 is 28.5 Å². The summed E-state index contributed by atoms with van der Waals surface area (Å²) in [4.78, 5) is 20.2. The summed E-state index contributed by atoms with van der Waals surface area (Å²) in [5.41, 5.74) is 2.44. The highest BCUT2D eigenvalue weighted by Gasteiger charge is 2.34. The number of carbonyl (C=O) groups excluding carboxylic acids is 1. The zero-order chi connectivity index (χ0) is 28.3. The molecule has 1 saturated heterocycles.